The Morgan fingerprint density at radius 1 is 1.19 bits per heavy atom. The molecular formula is C21H24N2O4. The van der Waals surface area contributed by atoms with E-state index in [4.69, 9.17) is 9.84 Å². The quantitative estimate of drug-likeness (QED) is 0.666. The molecule has 0 spiro atoms. The highest BCUT2D eigenvalue weighted by molar-refractivity contribution is 5.95. The van der Waals surface area contributed by atoms with Crippen molar-refractivity contribution in [2.75, 3.05) is 25.6 Å². The molecule has 0 heterocycles. The minimum absolute atomic E-state index is 0.0104. The molecule has 142 valence electrons. The number of carbonyl (C=O) groups excluding carboxylic acids is 2. The lowest BCUT2D eigenvalue weighted by molar-refractivity contribution is -0.120. The average molecular weight is 368 g/mol. The maximum absolute atomic E-state index is 12.5. The van der Waals surface area contributed by atoms with Crippen LogP contribution in [-0.2, 0) is 16.0 Å². The monoisotopic (exact) mass is 368 g/mol. The lowest BCUT2D eigenvalue weighted by Crippen LogP contribution is -2.27. The number of nitrogens with one attached hydrogen (secondary N) is 2. The number of amides is 2. The van der Waals surface area contributed by atoms with E-state index >= 15 is 0 Å². The first-order valence-corrected chi connectivity index (χ1v) is 9.02. The molecule has 1 aliphatic carbocycles. The molecule has 1 fully saturated rings. The highest BCUT2D eigenvalue weighted by Gasteiger charge is 2.44. The second-order valence-corrected chi connectivity index (χ2v) is 6.66. The maximum atomic E-state index is 12.5. The van der Waals surface area contributed by atoms with Crippen LogP contribution in [0.4, 0.5) is 5.69 Å². The topological polar surface area (TPSA) is 87.7 Å². The number of carbonyl (C=O) groups is 2. The molecule has 3 rings (SSSR count). The van der Waals surface area contributed by atoms with Crippen LogP contribution < -0.4 is 15.4 Å². The summed E-state index contributed by atoms with van der Waals surface area (Å²) in [5, 5.41) is 14.3. The third kappa shape index (κ3) is 5.08. The Morgan fingerprint density at radius 3 is 2.67 bits per heavy atom. The Hall–Kier alpha value is -2.86. The van der Waals surface area contributed by atoms with Crippen LogP contribution in [0.1, 0.15) is 23.5 Å². The van der Waals surface area contributed by atoms with Crippen LogP contribution in [0.25, 0.3) is 0 Å². The SMILES string of the molecule is COc1cccc([C@@H]2C[C@H]2C(=O)Nc2ccc(CC(=O)NCCO)cc2)c1. The standard InChI is InChI=1S/C21H24N2O4/c1-27-17-4-2-3-15(12-17)18-13-19(18)21(26)23-16-7-5-14(6-8-16)11-20(25)22-9-10-24/h2-8,12,18-19,24H,9-11,13H2,1H3,(H,22,25)(H,23,26)/t18-,19+/m0/s1. The number of methoxy groups -OCH3 is 1. The smallest absolute Gasteiger partial charge is 0.228 e. The zero-order valence-electron chi connectivity index (χ0n) is 15.3. The van der Waals surface area contributed by atoms with Gasteiger partial charge >= 0.3 is 0 Å². The van der Waals surface area contributed by atoms with Crippen LogP contribution in [0, 0.1) is 5.92 Å². The van der Waals surface area contributed by atoms with Gasteiger partial charge < -0.3 is 20.5 Å². The molecule has 0 aromatic heterocycles. The van der Waals surface area contributed by atoms with Crippen LogP contribution >= 0.6 is 0 Å². The molecule has 27 heavy (non-hydrogen) atoms. The molecule has 6 nitrogen and oxygen atoms in total. The Morgan fingerprint density at radius 2 is 1.96 bits per heavy atom. The van der Waals surface area contributed by atoms with E-state index in [0.717, 1.165) is 29.0 Å². The summed E-state index contributed by atoms with van der Waals surface area (Å²) in [7, 11) is 1.64. The Labute approximate surface area is 158 Å². The first-order chi connectivity index (χ1) is 13.1. The average Bonchev–Trinajstić information content (AvgIpc) is 3.49. The van der Waals surface area contributed by atoms with Crippen molar-refractivity contribution in [1.29, 1.82) is 0 Å². The lowest BCUT2D eigenvalue weighted by Gasteiger charge is -2.08. The van der Waals surface area contributed by atoms with Crippen molar-refractivity contribution in [3.8, 4) is 5.75 Å². The van der Waals surface area contributed by atoms with Gasteiger partial charge in [-0.3, -0.25) is 9.59 Å². The molecular weight excluding hydrogens is 344 g/mol. The third-order valence-electron chi connectivity index (χ3n) is 4.67. The van der Waals surface area contributed by atoms with Gasteiger partial charge in [-0.1, -0.05) is 24.3 Å². The summed E-state index contributed by atoms with van der Waals surface area (Å²) in [4.78, 5) is 24.1. The second kappa shape index (κ2) is 8.68. The van der Waals surface area contributed by atoms with E-state index in [1.54, 1.807) is 19.2 Å². The highest BCUT2D eigenvalue weighted by atomic mass is 16.5. The number of anilines is 1. The largest absolute Gasteiger partial charge is 0.497 e. The van der Waals surface area contributed by atoms with Crippen molar-refractivity contribution in [2.45, 2.75) is 18.8 Å². The predicted molar refractivity (Wildman–Crippen MR) is 103 cm³/mol. The lowest BCUT2D eigenvalue weighted by atomic mass is 10.1. The first kappa shape index (κ1) is 18.9. The summed E-state index contributed by atoms with van der Waals surface area (Å²) in [6.45, 7) is 0.178. The molecule has 3 N–H and O–H groups in total. The van der Waals surface area contributed by atoms with Gasteiger partial charge in [0.05, 0.1) is 20.1 Å². The molecule has 6 heteroatoms. The molecule has 0 bridgehead atoms. The van der Waals surface area contributed by atoms with E-state index in [2.05, 4.69) is 10.6 Å². The Bertz CT molecular complexity index is 804. The molecule has 2 atom stereocenters. The highest BCUT2D eigenvalue weighted by Crippen LogP contribution is 2.48. The molecule has 1 aliphatic rings. The van der Waals surface area contributed by atoms with Crippen molar-refractivity contribution in [3.63, 3.8) is 0 Å². The fraction of sp³-hybridized carbons (Fsp3) is 0.333. The minimum atomic E-state index is -0.139. The molecule has 0 aliphatic heterocycles. The van der Waals surface area contributed by atoms with E-state index in [0.29, 0.717) is 0 Å². The van der Waals surface area contributed by atoms with Gasteiger partial charge in [-0.05, 0) is 47.7 Å². The Balaban J connectivity index is 1.52. The van der Waals surface area contributed by atoms with Gasteiger partial charge in [-0.25, -0.2) is 0 Å². The normalized spacial score (nSPS) is 17.9. The van der Waals surface area contributed by atoms with Gasteiger partial charge in [0.2, 0.25) is 11.8 Å². The van der Waals surface area contributed by atoms with Crippen LogP contribution in [0.5, 0.6) is 5.75 Å². The van der Waals surface area contributed by atoms with Crippen LogP contribution in [0.2, 0.25) is 0 Å². The summed E-state index contributed by atoms with van der Waals surface area (Å²) in [5.41, 5.74) is 2.69. The molecule has 0 radical (unpaired) electrons. The zero-order valence-corrected chi connectivity index (χ0v) is 15.3. The van der Waals surface area contributed by atoms with Gasteiger partial charge in [-0.15, -0.1) is 0 Å². The molecule has 2 aromatic carbocycles. The number of hydrogen-bond acceptors (Lipinski definition) is 4. The van der Waals surface area contributed by atoms with Gasteiger partial charge in [0.15, 0.2) is 0 Å². The fourth-order valence-electron chi connectivity index (χ4n) is 3.11. The summed E-state index contributed by atoms with van der Waals surface area (Å²) in [6, 6.07) is 15.1. The molecule has 0 unspecified atom stereocenters. The molecule has 2 amide bonds. The van der Waals surface area contributed by atoms with Crippen LogP contribution in [0.3, 0.4) is 0 Å². The van der Waals surface area contributed by atoms with E-state index < -0.39 is 0 Å². The predicted octanol–water partition coefficient (Wildman–Crippen LogP) is 2.09. The third-order valence-corrected chi connectivity index (χ3v) is 4.67. The molecule has 1 saturated carbocycles. The molecule has 2 aromatic rings. The van der Waals surface area contributed by atoms with E-state index in [1.807, 2.05) is 36.4 Å². The van der Waals surface area contributed by atoms with E-state index in [9.17, 15) is 9.59 Å². The number of hydrogen-bond donors (Lipinski definition) is 3. The van der Waals surface area contributed by atoms with E-state index in [-0.39, 0.29) is 43.2 Å². The first-order valence-electron chi connectivity index (χ1n) is 9.02. The van der Waals surface area contributed by atoms with Crippen molar-refractivity contribution < 1.29 is 19.4 Å². The number of aliphatic hydroxyl groups is 1. The maximum Gasteiger partial charge on any atom is 0.228 e. The minimum Gasteiger partial charge on any atom is -0.497 e. The summed E-state index contributed by atoms with van der Waals surface area (Å²) in [6.07, 6.45) is 1.08. The van der Waals surface area contributed by atoms with Crippen molar-refractivity contribution >= 4 is 17.5 Å². The summed E-state index contributed by atoms with van der Waals surface area (Å²) < 4.78 is 5.24. The number of ether oxygens (including phenoxy) is 1. The van der Waals surface area contributed by atoms with Crippen molar-refractivity contribution in [2.24, 2.45) is 5.92 Å². The van der Waals surface area contributed by atoms with Crippen molar-refractivity contribution in [3.05, 3.63) is 59.7 Å². The molecule has 0 saturated heterocycles. The van der Waals surface area contributed by atoms with Gasteiger partial charge in [0, 0.05) is 18.2 Å². The second-order valence-electron chi connectivity index (χ2n) is 6.66. The zero-order chi connectivity index (χ0) is 19.2. The fourth-order valence-corrected chi connectivity index (χ4v) is 3.11. The van der Waals surface area contributed by atoms with Crippen LogP contribution in [0.15, 0.2) is 48.5 Å². The summed E-state index contributed by atoms with van der Waals surface area (Å²) in [5.74, 6) is 0.879. The van der Waals surface area contributed by atoms with Crippen molar-refractivity contribution in [1.82, 2.24) is 5.32 Å². The summed E-state index contributed by atoms with van der Waals surface area (Å²) >= 11 is 0. The van der Waals surface area contributed by atoms with Gasteiger partial charge in [0.1, 0.15) is 5.75 Å². The number of aliphatic hydroxyl groups excluding tert-OH is 1. The van der Waals surface area contributed by atoms with Gasteiger partial charge in [0.25, 0.3) is 0 Å². The van der Waals surface area contributed by atoms with E-state index in [1.165, 1.54) is 0 Å². The Kier molecular flexibility index (Phi) is 6.08. The van der Waals surface area contributed by atoms with Crippen LogP contribution in [-0.4, -0.2) is 37.2 Å². The number of rotatable bonds is 8. The number of benzene rings is 2. The van der Waals surface area contributed by atoms with Gasteiger partial charge in [-0.2, -0.15) is 0 Å².